The summed E-state index contributed by atoms with van der Waals surface area (Å²) in [6.45, 7) is 11.4. The van der Waals surface area contributed by atoms with Crippen LogP contribution in [0.25, 0.3) is 44.2 Å². The molecule has 2 nitrogen and oxygen atoms in total. The standard InChI is InChI=1S/C43H37NO/c1-42(2,3)30-22-18-28(19-23-30)29-20-24-32(25-21-29)44(31-12-7-6-8-13-31)38-16-11-17-39-41(38)35-26-34-33-14-9-10-15-36(33)43(4,5)37(34)27-40(35)45-39/h6-27H,1-5H3. The molecule has 1 aliphatic carbocycles. The molecule has 0 aliphatic heterocycles. The van der Waals surface area contributed by atoms with Gasteiger partial charge in [-0.1, -0.05) is 120 Å². The maximum absolute atomic E-state index is 6.62. The lowest BCUT2D eigenvalue weighted by molar-refractivity contribution is 0.590. The van der Waals surface area contributed by atoms with E-state index in [1.165, 1.54) is 38.9 Å². The van der Waals surface area contributed by atoms with E-state index in [2.05, 4.69) is 173 Å². The van der Waals surface area contributed by atoms with Gasteiger partial charge in [0.05, 0.1) is 11.1 Å². The summed E-state index contributed by atoms with van der Waals surface area (Å²) in [7, 11) is 0. The van der Waals surface area contributed by atoms with E-state index < -0.39 is 0 Å². The molecule has 0 fully saturated rings. The molecule has 0 unspecified atom stereocenters. The van der Waals surface area contributed by atoms with Crippen LogP contribution in [0.2, 0.25) is 0 Å². The van der Waals surface area contributed by atoms with Gasteiger partial charge in [0.25, 0.3) is 0 Å². The van der Waals surface area contributed by atoms with Crippen molar-refractivity contribution in [1.29, 1.82) is 0 Å². The summed E-state index contributed by atoms with van der Waals surface area (Å²) >= 11 is 0. The van der Waals surface area contributed by atoms with E-state index in [0.29, 0.717) is 0 Å². The molecular formula is C43H37NO. The molecule has 0 amide bonds. The fourth-order valence-corrected chi connectivity index (χ4v) is 7.16. The van der Waals surface area contributed by atoms with Crippen molar-refractivity contribution in [3.05, 3.63) is 150 Å². The maximum Gasteiger partial charge on any atom is 0.137 e. The number of furan rings is 1. The highest BCUT2D eigenvalue weighted by Crippen LogP contribution is 2.52. The molecule has 0 atom stereocenters. The zero-order chi connectivity index (χ0) is 30.9. The van der Waals surface area contributed by atoms with Gasteiger partial charge in [-0.15, -0.1) is 0 Å². The van der Waals surface area contributed by atoms with Crippen molar-refractivity contribution in [3.8, 4) is 22.3 Å². The molecule has 0 saturated carbocycles. The lowest BCUT2D eigenvalue weighted by atomic mass is 9.82. The molecule has 1 heterocycles. The summed E-state index contributed by atoms with van der Waals surface area (Å²) in [4.78, 5) is 2.36. The summed E-state index contributed by atoms with van der Waals surface area (Å²) in [5.74, 6) is 0. The largest absolute Gasteiger partial charge is 0.456 e. The topological polar surface area (TPSA) is 16.4 Å². The van der Waals surface area contributed by atoms with Crippen molar-refractivity contribution in [2.75, 3.05) is 4.90 Å². The van der Waals surface area contributed by atoms with E-state index in [1.54, 1.807) is 0 Å². The third-order valence-electron chi connectivity index (χ3n) is 9.64. The number of hydrogen-bond donors (Lipinski definition) is 0. The molecule has 0 bridgehead atoms. The maximum atomic E-state index is 6.62. The molecule has 2 heteroatoms. The van der Waals surface area contributed by atoms with Crippen molar-refractivity contribution in [2.24, 2.45) is 0 Å². The predicted molar refractivity (Wildman–Crippen MR) is 190 cm³/mol. The van der Waals surface area contributed by atoms with Gasteiger partial charge < -0.3 is 9.32 Å². The van der Waals surface area contributed by atoms with Crippen molar-refractivity contribution >= 4 is 39.0 Å². The van der Waals surface area contributed by atoms with Crippen LogP contribution in [0.5, 0.6) is 0 Å². The van der Waals surface area contributed by atoms with Crippen LogP contribution in [0.4, 0.5) is 17.1 Å². The Morgan fingerprint density at radius 2 is 1.20 bits per heavy atom. The van der Waals surface area contributed by atoms with Crippen LogP contribution in [0.1, 0.15) is 51.3 Å². The van der Waals surface area contributed by atoms with Crippen LogP contribution in [-0.2, 0) is 10.8 Å². The molecule has 45 heavy (non-hydrogen) atoms. The Balaban J connectivity index is 1.29. The van der Waals surface area contributed by atoms with Crippen molar-refractivity contribution in [1.82, 2.24) is 0 Å². The van der Waals surface area contributed by atoms with Gasteiger partial charge in [-0.25, -0.2) is 0 Å². The first kappa shape index (κ1) is 27.5. The minimum atomic E-state index is -0.0766. The van der Waals surface area contributed by atoms with E-state index in [-0.39, 0.29) is 10.8 Å². The highest BCUT2D eigenvalue weighted by molar-refractivity contribution is 6.15. The fraction of sp³-hybridized carbons (Fsp3) is 0.163. The van der Waals surface area contributed by atoms with Crippen molar-refractivity contribution in [2.45, 2.75) is 45.4 Å². The Bertz CT molecular complexity index is 2190. The summed E-state index contributed by atoms with van der Waals surface area (Å²) < 4.78 is 6.62. The van der Waals surface area contributed by atoms with Gasteiger partial charge in [0, 0.05) is 22.2 Å². The van der Waals surface area contributed by atoms with Crippen LogP contribution in [0.3, 0.4) is 0 Å². The van der Waals surface area contributed by atoms with Crippen LogP contribution in [0.15, 0.2) is 138 Å². The third kappa shape index (κ3) is 4.39. The van der Waals surface area contributed by atoms with Gasteiger partial charge in [-0.3, -0.25) is 0 Å². The molecular weight excluding hydrogens is 546 g/mol. The normalized spacial score (nSPS) is 13.6. The van der Waals surface area contributed by atoms with Crippen molar-refractivity contribution in [3.63, 3.8) is 0 Å². The molecule has 1 aromatic heterocycles. The van der Waals surface area contributed by atoms with Crippen LogP contribution >= 0.6 is 0 Å². The van der Waals surface area contributed by atoms with Crippen LogP contribution < -0.4 is 4.90 Å². The van der Waals surface area contributed by atoms with Gasteiger partial charge >= 0.3 is 0 Å². The fourth-order valence-electron chi connectivity index (χ4n) is 7.16. The number of fused-ring (bicyclic) bond motifs is 6. The highest BCUT2D eigenvalue weighted by Gasteiger charge is 2.36. The predicted octanol–water partition coefficient (Wildman–Crippen LogP) is 12.3. The molecule has 6 aromatic carbocycles. The quantitative estimate of drug-likeness (QED) is 0.205. The van der Waals surface area contributed by atoms with E-state index in [0.717, 1.165) is 39.0 Å². The van der Waals surface area contributed by atoms with Gasteiger partial charge in [-0.05, 0) is 92.9 Å². The second-order valence-electron chi connectivity index (χ2n) is 13.9. The summed E-state index contributed by atoms with van der Waals surface area (Å²) in [5.41, 5.74) is 14.3. The number of nitrogens with zero attached hydrogens (tertiary/aromatic N) is 1. The zero-order valence-corrected chi connectivity index (χ0v) is 26.6. The van der Waals surface area contributed by atoms with Crippen LogP contribution in [-0.4, -0.2) is 0 Å². The molecule has 7 aromatic rings. The molecule has 1 aliphatic rings. The lowest BCUT2D eigenvalue weighted by Crippen LogP contribution is -2.14. The Hall–Kier alpha value is -5.08. The average Bonchev–Trinajstić information content (AvgIpc) is 3.53. The molecule has 0 radical (unpaired) electrons. The Morgan fingerprint density at radius 3 is 1.91 bits per heavy atom. The van der Waals surface area contributed by atoms with E-state index in [4.69, 9.17) is 4.42 Å². The first-order valence-corrected chi connectivity index (χ1v) is 15.9. The summed E-state index contributed by atoms with van der Waals surface area (Å²) in [6.07, 6.45) is 0. The lowest BCUT2D eigenvalue weighted by Gasteiger charge is -2.26. The van der Waals surface area contributed by atoms with E-state index in [9.17, 15) is 0 Å². The highest BCUT2D eigenvalue weighted by atomic mass is 16.3. The van der Waals surface area contributed by atoms with Crippen LogP contribution in [0, 0.1) is 0 Å². The Labute approximate surface area is 265 Å². The second kappa shape index (κ2) is 9.97. The number of hydrogen-bond acceptors (Lipinski definition) is 2. The molecule has 0 saturated heterocycles. The Kier molecular flexibility index (Phi) is 6.09. The number of para-hydroxylation sites is 1. The van der Waals surface area contributed by atoms with Gasteiger partial charge in [0.2, 0.25) is 0 Å². The van der Waals surface area contributed by atoms with Crippen molar-refractivity contribution < 1.29 is 4.42 Å². The molecule has 0 N–H and O–H groups in total. The Morgan fingerprint density at radius 1 is 0.556 bits per heavy atom. The first-order valence-electron chi connectivity index (χ1n) is 15.9. The minimum absolute atomic E-state index is 0.0766. The SMILES string of the molecule is CC(C)(C)c1ccc(-c2ccc(N(c3ccccc3)c3cccc4oc5cc6c(cc5c34)-c3ccccc3C6(C)C)cc2)cc1. The van der Waals surface area contributed by atoms with E-state index in [1.807, 2.05) is 0 Å². The van der Waals surface area contributed by atoms with E-state index >= 15 is 0 Å². The zero-order valence-electron chi connectivity index (χ0n) is 26.6. The number of anilines is 3. The summed E-state index contributed by atoms with van der Waals surface area (Å²) in [6, 6.07) is 48.4. The minimum Gasteiger partial charge on any atom is -0.456 e. The molecule has 8 rings (SSSR count). The summed E-state index contributed by atoms with van der Waals surface area (Å²) in [5, 5.41) is 2.27. The number of benzene rings is 6. The smallest absolute Gasteiger partial charge is 0.137 e. The van der Waals surface area contributed by atoms with Gasteiger partial charge in [-0.2, -0.15) is 0 Å². The second-order valence-corrected chi connectivity index (χ2v) is 13.9. The van der Waals surface area contributed by atoms with Gasteiger partial charge in [0.1, 0.15) is 11.2 Å². The third-order valence-corrected chi connectivity index (χ3v) is 9.64. The van der Waals surface area contributed by atoms with Gasteiger partial charge in [0.15, 0.2) is 0 Å². The number of rotatable bonds is 4. The molecule has 220 valence electrons. The average molecular weight is 584 g/mol. The monoisotopic (exact) mass is 583 g/mol. The molecule has 0 spiro atoms. The first-order chi connectivity index (χ1) is 21.7.